The number of thiocarbonyl (C=S) groups is 1. The Morgan fingerprint density at radius 1 is 0.949 bits per heavy atom. The molecule has 2 amide bonds. The Bertz CT molecular complexity index is 1290. The maximum absolute atomic E-state index is 13.5. The Balaban J connectivity index is 1.47. The van der Waals surface area contributed by atoms with Crippen molar-refractivity contribution in [1.29, 1.82) is 0 Å². The van der Waals surface area contributed by atoms with Gasteiger partial charge in [0.25, 0.3) is 5.91 Å². The van der Waals surface area contributed by atoms with Crippen molar-refractivity contribution >= 4 is 40.5 Å². The third-order valence-corrected chi connectivity index (χ3v) is 6.69. The van der Waals surface area contributed by atoms with E-state index in [0.29, 0.717) is 43.3 Å². The molecule has 1 aliphatic heterocycles. The average Bonchev–Trinajstić information content (AvgIpc) is 3.17. The van der Waals surface area contributed by atoms with Gasteiger partial charge in [-0.15, -0.1) is 0 Å². The van der Waals surface area contributed by atoms with E-state index in [9.17, 15) is 14.0 Å². The number of hydrogen-bond donors (Lipinski definition) is 1. The molecule has 0 saturated carbocycles. The van der Waals surface area contributed by atoms with Crippen LogP contribution >= 0.6 is 12.2 Å². The van der Waals surface area contributed by atoms with Crippen molar-refractivity contribution in [2.45, 2.75) is 18.9 Å². The smallest absolute Gasteiger partial charge is 0.256 e. The first-order valence-electron chi connectivity index (χ1n) is 12.4. The Labute approximate surface area is 232 Å². The second kappa shape index (κ2) is 13.2. The van der Waals surface area contributed by atoms with Crippen LogP contribution in [0.4, 0.5) is 15.8 Å². The van der Waals surface area contributed by atoms with Gasteiger partial charge in [0.2, 0.25) is 5.91 Å². The Morgan fingerprint density at radius 2 is 1.62 bits per heavy atom. The summed E-state index contributed by atoms with van der Waals surface area (Å²) < 4.78 is 29.3. The summed E-state index contributed by atoms with van der Waals surface area (Å²) in [7, 11) is 3.21. The van der Waals surface area contributed by atoms with Crippen molar-refractivity contribution in [3.05, 3.63) is 84.2 Å². The molecule has 0 bridgehead atoms. The number of benzene rings is 3. The van der Waals surface area contributed by atoms with E-state index in [2.05, 4.69) is 5.32 Å². The second-order valence-electron chi connectivity index (χ2n) is 8.86. The van der Waals surface area contributed by atoms with Crippen LogP contribution < -0.4 is 19.7 Å². The van der Waals surface area contributed by atoms with E-state index in [4.69, 9.17) is 26.4 Å². The maximum atomic E-state index is 13.5. The number of methoxy groups -OCH3 is 2. The molecule has 1 atom stereocenters. The molecule has 1 N–H and O–H groups in total. The average molecular weight is 552 g/mol. The standard InChI is InChI=1S/C29H30FN3O5S/c1-36-17-18-38-25-13-7-22(8-14-25)31-27(34)19-26-28(35)33(23-9-5-21(30)6-10-23)29(39)32(26)16-15-20-3-11-24(37-2)12-4-20/h3-14,26H,15-19H2,1-2H3,(H,31,34). The van der Waals surface area contributed by atoms with Gasteiger partial charge in [-0.1, -0.05) is 12.1 Å². The molecular formula is C29H30FN3O5S. The zero-order valence-electron chi connectivity index (χ0n) is 21.8. The number of hydrogen-bond acceptors (Lipinski definition) is 6. The fourth-order valence-electron chi connectivity index (χ4n) is 4.22. The molecule has 1 heterocycles. The Hall–Kier alpha value is -4.02. The van der Waals surface area contributed by atoms with E-state index >= 15 is 0 Å². The first-order valence-corrected chi connectivity index (χ1v) is 12.8. The predicted molar refractivity (Wildman–Crippen MR) is 151 cm³/mol. The molecular weight excluding hydrogens is 521 g/mol. The minimum atomic E-state index is -0.808. The van der Waals surface area contributed by atoms with Gasteiger partial charge in [0.05, 0.1) is 25.8 Å². The molecule has 8 nitrogen and oxygen atoms in total. The summed E-state index contributed by atoms with van der Waals surface area (Å²) >= 11 is 5.69. The minimum Gasteiger partial charge on any atom is -0.497 e. The van der Waals surface area contributed by atoms with E-state index in [1.54, 1.807) is 43.4 Å². The zero-order chi connectivity index (χ0) is 27.8. The van der Waals surface area contributed by atoms with Gasteiger partial charge in [-0.3, -0.25) is 14.5 Å². The second-order valence-corrected chi connectivity index (χ2v) is 9.22. The quantitative estimate of drug-likeness (QED) is 0.264. The normalized spacial score (nSPS) is 15.0. The molecule has 1 saturated heterocycles. The van der Waals surface area contributed by atoms with Gasteiger partial charge in [-0.25, -0.2) is 4.39 Å². The molecule has 3 aromatic rings. The summed E-state index contributed by atoms with van der Waals surface area (Å²) in [5.41, 5.74) is 2.06. The van der Waals surface area contributed by atoms with Gasteiger partial charge in [0, 0.05) is 19.3 Å². The molecule has 0 radical (unpaired) electrons. The van der Waals surface area contributed by atoms with Crippen molar-refractivity contribution in [1.82, 2.24) is 4.90 Å². The summed E-state index contributed by atoms with van der Waals surface area (Å²) in [6.45, 7) is 1.31. The van der Waals surface area contributed by atoms with Gasteiger partial charge in [-0.2, -0.15) is 0 Å². The highest BCUT2D eigenvalue weighted by Crippen LogP contribution is 2.28. The maximum Gasteiger partial charge on any atom is 0.256 e. The van der Waals surface area contributed by atoms with Crippen LogP contribution in [0, 0.1) is 5.82 Å². The number of carbonyl (C=O) groups is 2. The number of carbonyl (C=O) groups excluding carboxylic acids is 2. The summed E-state index contributed by atoms with van der Waals surface area (Å²) in [5, 5.41) is 3.12. The van der Waals surface area contributed by atoms with Crippen LogP contribution in [-0.4, -0.2) is 61.8 Å². The highest BCUT2D eigenvalue weighted by Gasteiger charge is 2.43. The van der Waals surface area contributed by atoms with Crippen LogP contribution in [0.3, 0.4) is 0 Å². The van der Waals surface area contributed by atoms with Crippen LogP contribution in [0.1, 0.15) is 12.0 Å². The van der Waals surface area contributed by atoms with Crippen molar-refractivity contribution in [3.63, 3.8) is 0 Å². The van der Waals surface area contributed by atoms with Crippen LogP contribution in [-0.2, 0) is 20.7 Å². The summed E-state index contributed by atoms with van der Waals surface area (Å²) in [6, 6.07) is 19.3. The van der Waals surface area contributed by atoms with Crippen LogP contribution in [0.5, 0.6) is 11.5 Å². The van der Waals surface area contributed by atoms with Crippen LogP contribution in [0.25, 0.3) is 0 Å². The van der Waals surface area contributed by atoms with E-state index < -0.39 is 11.9 Å². The van der Waals surface area contributed by atoms with Crippen molar-refractivity contribution < 1.29 is 28.2 Å². The van der Waals surface area contributed by atoms with Gasteiger partial charge < -0.3 is 24.4 Å². The lowest BCUT2D eigenvalue weighted by atomic mass is 10.1. The monoisotopic (exact) mass is 551 g/mol. The number of nitrogens with zero attached hydrogens (tertiary/aromatic N) is 2. The molecule has 1 fully saturated rings. The lowest BCUT2D eigenvalue weighted by Crippen LogP contribution is -2.39. The lowest BCUT2D eigenvalue weighted by molar-refractivity contribution is -0.124. The number of rotatable bonds is 12. The number of nitrogens with one attached hydrogen (secondary N) is 1. The predicted octanol–water partition coefficient (Wildman–Crippen LogP) is 4.43. The first kappa shape index (κ1) is 28.0. The molecule has 0 aliphatic carbocycles. The lowest BCUT2D eigenvalue weighted by Gasteiger charge is -2.24. The zero-order valence-corrected chi connectivity index (χ0v) is 22.6. The highest BCUT2D eigenvalue weighted by atomic mass is 32.1. The number of amides is 2. The third kappa shape index (κ3) is 7.10. The van der Waals surface area contributed by atoms with Gasteiger partial charge >= 0.3 is 0 Å². The molecule has 4 rings (SSSR count). The van der Waals surface area contributed by atoms with E-state index in [1.165, 1.54) is 29.2 Å². The van der Waals surface area contributed by atoms with Crippen LogP contribution in [0.2, 0.25) is 0 Å². The minimum absolute atomic E-state index is 0.106. The van der Waals surface area contributed by atoms with E-state index in [1.807, 2.05) is 24.3 Å². The molecule has 0 aromatic heterocycles. The van der Waals surface area contributed by atoms with Crippen LogP contribution in [0.15, 0.2) is 72.8 Å². The number of halogens is 1. The molecule has 3 aromatic carbocycles. The molecule has 1 unspecified atom stereocenters. The van der Waals surface area contributed by atoms with Gasteiger partial charge in [0.15, 0.2) is 5.11 Å². The molecule has 10 heteroatoms. The summed E-state index contributed by atoms with van der Waals surface area (Å²) in [5.74, 6) is 0.315. The molecule has 1 aliphatic rings. The first-order chi connectivity index (χ1) is 18.9. The fraction of sp³-hybridized carbons (Fsp3) is 0.276. The van der Waals surface area contributed by atoms with Crippen molar-refractivity contribution in [2.24, 2.45) is 0 Å². The largest absolute Gasteiger partial charge is 0.497 e. The van der Waals surface area contributed by atoms with Gasteiger partial charge in [-0.05, 0) is 84.9 Å². The topological polar surface area (TPSA) is 80.3 Å². The highest BCUT2D eigenvalue weighted by molar-refractivity contribution is 7.80. The number of ether oxygens (including phenoxy) is 3. The summed E-state index contributed by atoms with van der Waals surface area (Å²) in [6.07, 6.45) is 0.489. The molecule has 0 spiro atoms. The fourth-order valence-corrected chi connectivity index (χ4v) is 4.64. The Kier molecular flexibility index (Phi) is 9.45. The van der Waals surface area contributed by atoms with Gasteiger partial charge in [0.1, 0.15) is 30.0 Å². The van der Waals surface area contributed by atoms with Crippen molar-refractivity contribution in [2.75, 3.05) is 44.2 Å². The number of anilines is 2. The van der Waals surface area contributed by atoms with Crippen molar-refractivity contribution in [3.8, 4) is 11.5 Å². The SMILES string of the molecule is COCCOc1ccc(NC(=O)CC2C(=O)N(c3ccc(F)cc3)C(=S)N2CCc2ccc(OC)cc2)cc1. The molecule has 204 valence electrons. The van der Waals surface area contributed by atoms with E-state index in [-0.39, 0.29) is 23.3 Å². The Morgan fingerprint density at radius 3 is 2.26 bits per heavy atom. The molecule has 39 heavy (non-hydrogen) atoms. The summed E-state index contributed by atoms with van der Waals surface area (Å²) in [4.78, 5) is 29.7. The third-order valence-electron chi connectivity index (χ3n) is 6.28. The van der Waals surface area contributed by atoms with E-state index in [0.717, 1.165) is 11.3 Å².